The molecule has 9 heteroatoms. The van der Waals surface area contributed by atoms with Crippen LogP contribution in [-0.2, 0) is 11.3 Å². The van der Waals surface area contributed by atoms with Crippen molar-refractivity contribution in [3.8, 4) is 0 Å². The van der Waals surface area contributed by atoms with E-state index in [1.807, 2.05) is 13.0 Å². The third-order valence-corrected chi connectivity index (χ3v) is 6.04. The third-order valence-electron chi connectivity index (χ3n) is 4.51. The van der Waals surface area contributed by atoms with Gasteiger partial charge in [0.25, 0.3) is 5.56 Å². The van der Waals surface area contributed by atoms with Crippen molar-refractivity contribution in [3.63, 3.8) is 0 Å². The Kier molecular flexibility index (Phi) is 7.77. The van der Waals surface area contributed by atoms with E-state index in [-0.39, 0.29) is 29.9 Å². The van der Waals surface area contributed by atoms with Crippen LogP contribution in [0.4, 0.5) is 0 Å². The van der Waals surface area contributed by atoms with E-state index < -0.39 is 0 Å². The lowest BCUT2D eigenvalue weighted by Gasteiger charge is -2.16. The maximum atomic E-state index is 12.8. The lowest BCUT2D eigenvalue weighted by Crippen LogP contribution is -2.29. The number of aliphatic hydroxyl groups is 1. The molecule has 0 aliphatic rings. The number of amides is 1. The van der Waals surface area contributed by atoms with Gasteiger partial charge < -0.3 is 10.4 Å². The van der Waals surface area contributed by atoms with E-state index in [1.54, 1.807) is 36.4 Å². The number of nitrogens with one attached hydrogen (secondary N) is 1. The van der Waals surface area contributed by atoms with Crippen LogP contribution in [0.25, 0.3) is 10.9 Å². The molecule has 0 aliphatic carbocycles. The summed E-state index contributed by atoms with van der Waals surface area (Å²) in [6.45, 7) is 2.13. The molecule has 3 aromatic rings. The molecule has 0 aliphatic heterocycles. The number of rotatable bonds is 8. The molecule has 30 heavy (non-hydrogen) atoms. The lowest BCUT2D eigenvalue weighted by atomic mass is 10.1. The van der Waals surface area contributed by atoms with Crippen LogP contribution in [0, 0.1) is 0 Å². The topological polar surface area (TPSA) is 84.2 Å². The average Bonchev–Trinajstić information content (AvgIpc) is 2.71. The monoisotopic (exact) mass is 465 g/mol. The molecule has 1 amide bonds. The largest absolute Gasteiger partial charge is 0.396 e. The highest BCUT2D eigenvalue weighted by atomic mass is 35.5. The van der Waals surface area contributed by atoms with Crippen LogP contribution in [0.5, 0.6) is 0 Å². The van der Waals surface area contributed by atoms with Gasteiger partial charge in [-0.25, -0.2) is 4.98 Å². The van der Waals surface area contributed by atoms with Crippen LogP contribution < -0.4 is 10.9 Å². The number of benzene rings is 2. The Morgan fingerprint density at radius 1 is 1.27 bits per heavy atom. The number of fused-ring (bicyclic) bond motifs is 1. The first kappa shape index (κ1) is 22.6. The van der Waals surface area contributed by atoms with Crippen molar-refractivity contribution < 1.29 is 9.90 Å². The van der Waals surface area contributed by atoms with Crippen molar-refractivity contribution in [2.45, 2.75) is 31.1 Å². The number of hydrogen-bond donors (Lipinski definition) is 2. The smallest absolute Gasteiger partial charge is 0.262 e. The summed E-state index contributed by atoms with van der Waals surface area (Å²) < 4.78 is 1.51. The van der Waals surface area contributed by atoms with Crippen LogP contribution in [0.3, 0.4) is 0 Å². The summed E-state index contributed by atoms with van der Waals surface area (Å²) >= 11 is 13.3. The minimum atomic E-state index is -0.302. The fourth-order valence-corrected chi connectivity index (χ4v) is 4.44. The van der Waals surface area contributed by atoms with Gasteiger partial charge in [0.1, 0.15) is 0 Å². The van der Waals surface area contributed by atoms with Gasteiger partial charge >= 0.3 is 0 Å². The first-order valence-electron chi connectivity index (χ1n) is 9.38. The summed E-state index contributed by atoms with van der Waals surface area (Å²) in [5.74, 6) is -0.131. The van der Waals surface area contributed by atoms with Crippen molar-refractivity contribution in [3.05, 3.63) is 68.4 Å². The van der Waals surface area contributed by atoms with E-state index in [0.29, 0.717) is 39.1 Å². The summed E-state index contributed by atoms with van der Waals surface area (Å²) in [4.78, 5) is 29.9. The molecule has 2 N–H and O–H groups in total. The minimum Gasteiger partial charge on any atom is -0.396 e. The summed E-state index contributed by atoms with van der Waals surface area (Å²) in [7, 11) is 0. The number of carbonyl (C=O) groups is 1. The Bertz CT molecular complexity index is 1120. The van der Waals surface area contributed by atoms with Gasteiger partial charge in [0.05, 0.1) is 22.7 Å². The van der Waals surface area contributed by atoms with Gasteiger partial charge in [0.2, 0.25) is 5.91 Å². The second-order valence-electron chi connectivity index (χ2n) is 6.69. The summed E-state index contributed by atoms with van der Waals surface area (Å²) in [6.07, 6.45) is 0.422. The zero-order valence-corrected chi connectivity index (χ0v) is 18.6. The predicted octanol–water partition coefficient (Wildman–Crippen LogP) is 4.06. The van der Waals surface area contributed by atoms with Crippen LogP contribution >= 0.6 is 35.0 Å². The molecule has 1 unspecified atom stereocenters. The predicted molar refractivity (Wildman–Crippen MR) is 121 cm³/mol. The van der Waals surface area contributed by atoms with E-state index in [4.69, 9.17) is 28.3 Å². The number of hydrogen-bond acceptors (Lipinski definition) is 5. The van der Waals surface area contributed by atoms with Gasteiger partial charge in [0, 0.05) is 23.2 Å². The van der Waals surface area contributed by atoms with Crippen LogP contribution in [0.15, 0.2) is 52.4 Å². The highest BCUT2D eigenvalue weighted by molar-refractivity contribution is 7.99. The molecule has 6 nitrogen and oxygen atoms in total. The molecular weight excluding hydrogens is 445 g/mol. The number of nitrogens with zero attached hydrogens (tertiary/aromatic N) is 2. The fourth-order valence-electron chi connectivity index (χ4n) is 3.03. The van der Waals surface area contributed by atoms with Gasteiger partial charge in [-0.3, -0.25) is 14.2 Å². The Hall–Kier alpha value is -2.06. The molecular formula is C21H21Cl2N3O3S. The zero-order chi connectivity index (χ0) is 21.7. The Morgan fingerprint density at radius 3 is 2.77 bits per heavy atom. The average molecular weight is 466 g/mol. The van der Waals surface area contributed by atoms with Crippen molar-refractivity contribution in [2.24, 2.45) is 0 Å². The number of aromatic nitrogens is 2. The maximum Gasteiger partial charge on any atom is 0.262 e. The fraction of sp³-hybridized carbons (Fsp3) is 0.286. The molecule has 1 atom stereocenters. The van der Waals surface area contributed by atoms with Crippen molar-refractivity contribution in [1.29, 1.82) is 0 Å². The highest BCUT2D eigenvalue weighted by Gasteiger charge is 2.16. The number of carbonyl (C=O) groups excluding carboxylic acids is 1. The number of halogens is 2. The Morgan fingerprint density at radius 2 is 2.03 bits per heavy atom. The second kappa shape index (κ2) is 10.3. The number of para-hydroxylation sites is 1. The van der Waals surface area contributed by atoms with Crippen LogP contribution in [0.1, 0.15) is 24.9 Å². The summed E-state index contributed by atoms with van der Waals surface area (Å²) in [6, 6.07) is 11.9. The molecule has 3 rings (SSSR count). The van der Waals surface area contributed by atoms with Gasteiger partial charge in [-0.05, 0) is 43.2 Å². The molecule has 0 spiro atoms. The molecule has 2 aromatic carbocycles. The molecule has 1 heterocycles. The normalized spacial score (nSPS) is 12.1. The van der Waals surface area contributed by atoms with Crippen LogP contribution in [0.2, 0.25) is 10.0 Å². The first-order valence-corrected chi connectivity index (χ1v) is 11.1. The second-order valence-corrected chi connectivity index (χ2v) is 8.48. The third kappa shape index (κ3) is 5.35. The van der Waals surface area contributed by atoms with Gasteiger partial charge in [-0.1, -0.05) is 53.2 Å². The standard InChI is InChI=1S/C21H21Cl2N3O3S/c1-13(15-8-7-14(22)11-17(15)23)24-19(28)12-30-21-25-18-6-3-2-5-16(18)20(29)26(21)9-4-10-27/h2-3,5-8,11,13,27H,4,9-10,12H2,1H3,(H,24,28). The van der Waals surface area contributed by atoms with Gasteiger partial charge in [-0.15, -0.1) is 0 Å². The number of aliphatic hydroxyl groups excluding tert-OH is 1. The highest BCUT2D eigenvalue weighted by Crippen LogP contribution is 2.26. The van der Waals surface area contributed by atoms with E-state index in [1.165, 1.54) is 16.3 Å². The minimum absolute atomic E-state index is 0.0385. The van der Waals surface area contributed by atoms with Crippen molar-refractivity contribution in [2.75, 3.05) is 12.4 Å². The van der Waals surface area contributed by atoms with Crippen LogP contribution in [-0.4, -0.2) is 32.9 Å². The Balaban J connectivity index is 1.75. The van der Waals surface area contributed by atoms with E-state index >= 15 is 0 Å². The van der Waals surface area contributed by atoms with Gasteiger partial charge in [-0.2, -0.15) is 0 Å². The molecule has 158 valence electrons. The van der Waals surface area contributed by atoms with Crippen molar-refractivity contribution >= 4 is 51.8 Å². The maximum absolute atomic E-state index is 12.8. The first-order chi connectivity index (χ1) is 14.4. The van der Waals surface area contributed by atoms with E-state index in [2.05, 4.69) is 10.3 Å². The molecule has 0 bridgehead atoms. The molecule has 0 fully saturated rings. The zero-order valence-electron chi connectivity index (χ0n) is 16.3. The van der Waals surface area contributed by atoms with E-state index in [0.717, 1.165) is 5.56 Å². The quantitative estimate of drug-likeness (QED) is 0.387. The SMILES string of the molecule is CC(NC(=O)CSc1nc2ccccc2c(=O)n1CCCO)c1ccc(Cl)cc1Cl. The van der Waals surface area contributed by atoms with E-state index in [9.17, 15) is 9.59 Å². The molecule has 0 saturated carbocycles. The summed E-state index contributed by atoms with van der Waals surface area (Å²) in [5.41, 5.74) is 1.16. The van der Waals surface area contributed by atoms with Gasteiger partial charge in [0.15, 0.2) is 5.16 Å². The molecule has 1 aromatic heterocycles. The lowest BCUT2D eigenvalue weighted by molar-refractivity contribution is -0.119. The number of thioether (sulfide) groups is 1. The summed E-state index contributed by atoms with van der Waals surface area (Å²) in [5, 5.41) is 14.0. The molecule has 0 radical (unpaired) electrons. The molecule has 0 saturated heterocycles. The van der Waals surface area contributed by atoms with Crippen molar-refractivity contribution in [1.82, 2.24) is 14.9 Å². The Labute approximate surface area is 188 Å².